The summed E-state index contributed by atoms with van der Waals surface area (Å²) in [5, 5.41) is 4.77. The molecule has 0 N–H and O–H groups in total. The Labute approximate surface area is 150 Å². The van der Waals surface area contributed by atoms with Crippen molar-refractivity contribution in [1.82, 2.24) is 14.7 Å². The normalized spacial score (nSPS) is 25.2. The second-order valence-electron chi connectivity index (χ2n) is 6.78. The number of amides is 1. The van der Waals surface area contributed by atoms with Crippen LogP contribution >= 0.6 is 11.6 Å². The van der Waals surface area contributed by atoms with Gasteiger partial charge in [0.05, 0.1) is 18.2 Å². The number of cyclic esters (lactones) is 1. The molecule has 2 fully saturated rings. The largest absolute Gasteiger partial charge is 0.452 e. The van der Waals surface area contributed by atoms with Crippen LogP contribution in [0.1, 0.15) is 32.4 Å². The first-order valence-corrected chi connectivity index (χ1v) is 8.59. The van der Waals surface area contributed by atoms with Crippen molar-refractivity contribution in [3.8, 4) is 0 Å². The molecule has 2 aliphatic rings. The Balaban J connectivity index is 1.74. The number of aryl methyl sites for hydroxylation is 1. The van der Waals surface area contributed by atoms with Crippen LogP contribution in [0.4, 0.5) is 0 Å². The average molecular weight is 372 g/mol. The van der Waals surface area contributed by atoms with E-state index < -0.39 is 11.9 Å². The van der Waals surface area contributed by atoms with E-state index in [1.54, 1.807) is 22.8 Å². The molecule has 1 aromatic rings. The number of ether oxygens (including phenoxy) is 3. The van der Waals surface area contributed by atoms with Gasteiger partial charge in [-0.1, -0.05) is 11.6 Å². The minimum Gasteiger partial charge on any atom is -0.452 e. The summed E-state index contributed by atoms with van der Waals surface area (Å²) in [5.41, 5.74) is 0.583. The van der Waals surface area contributed by atoms with Gasteiger partial charge in [-0.3, -0.25) is 14.3 Å². The lowest BCUT2D eigenvalue weighted by atomic mass is 10.2. The van der Waals surface area contributed by atoms with E-state index in [0.29, 0.717) is 30.3 Å². The highest BCUT2D eigenvalue weighted by molar-refractivity contribution is 6.31. The molecule has 25 heavy (non-hydrogen) atoms. The van der Waals surface area contributed by atoms with Gasteiger partial charge in [-0.05, 0) is 13.8 Å². The van der Waals surface area contributed by atoms with Crippen LogP contribution in [0, 0.1) is 0 Å². The fourth-order valence-electron chi connectivity index (χ4n) is 3.03. The maximum atomic E-state index is 12.8. The lowest BCUT2D eigenvalue weighted by Crippen LogP contribution is -2.43. The Hall–Kier alpha value is -1.64. The van der Waals surface area contributed by atoms with Crippen LogP contribution in [0.5, 0.6) is 0 Å². The zero-order valence-corrected chi connectivity index (χ0v) is 15.3. The number of esters is 1. The van der Waals surface area contributed by atoms with Gasteiger partial charge in [0.15, 0.2) is 11.9 Å². The van der Waals surface area contributed by atoms with Gasteiger partial charge in [0.25, 0.3) is 5.91 Å². The Bertz CT molecular complexity index is 675. The third kappa shape index (κ3) is 4.31. The van der Waals surface area contributed by atoms with Crippen LogP contribution < -0.4 is 0 Å². The molecule has 0 spiro atoms. The second kappa shape index (κ2) is 6.93. The van der Waals surface area contributed by atoms with Crippen LogP contribution in [0.2, 0.25) is 5.02 Å². The fourth-order valence-corrected chi connectivity index (χ4v) is 3.27. The van der Waals surface area contributed by atoms with Gasteiger partial charge >= 0.3 is 5.97 Å². The molecule has 0 aromatic carbocycles. The number of rotatable bonds is 5. The maximum Gasteiger partial charge on any atom is 0.306 e. The van der Waals surface area contributed by atoms with Crippen molar-refractivity contribution in [1.29, 1.82) is 0 Å². The molecule has 2 saturated heterocycles. The third-order valence-electron chi connectivity index (χ3n) is 4.16. The molecule has 0 bridgehead atoms. The molecule has 3 heterocycles. The molecule has 1 amide bonds. The lowest BCUT2D eigenvalue weighted by Gasteiger charge is -2.27. The van der Waals surface area contributed by atoms with Crippen molar-refractivity contribution in [2.75, 3.05) is 13.2 Å². The van der Waals surface area contributed by atoms with E-state index in [1.165, 1.54) is 0 Å². The molecule has 2 atom stereocenters. The van der Waals surface area contributed by atoms with Crippen molar-refractivity contribution in [3.63, 3.8) is 0 Å². The van der Waals surface area contributed by atoms with Crippen LogP contribution in [0.25, 0.3) is 0 Å². The zero-order valence-electron chi connectivity index (χ0n) is 14.5. The summed E-state index contributed by atoms with van der Waals surface area (Å²) in [6, 6.07) is 0. The van der Waals surface area contributed by atoms with Gasteiger partial charge in [0, 0.05) is 32.6 Å². The van der Waals surface area contributed by atoms with Crippen LogP contribution in [-0.4, -0.2) is 57.7 Å². The van der Waals surface area contributed by atoms with Gasteiger partial charge in [-0.25, -0.2) is 0 Å². The van der Waals surface area contributed by atoms with E-state index in [9.17, 15) is 9.59 Å². The molecular formula is C16H22ClN3O5. The Morgan fingerprint density at radius 1 is 1.52 bits per heavy atom. The van der Waals surface area contributed by atoms with Gasteiger partial charge in [0.2, 0.25) is 0 Å². The van der Waals surface area contributed by atoms with Gasteiger partial charge in [-0.15, -0.1) is 0 Å². The van der Waals surface area contributed by atoms with Gasteiger partial charge < -0.3 is 19.1 Å². The van der Waals surface area contributed by atoms with Crippen LogP contribution in [0.3, 0.4) is 0 Å². The van der Waals surface area contributed by atoms with Gasteiger partial charge in [0.1, 0.15) is 11.8 Å². The van der Waals surface area contributed by atoms with Crippen LogP contribution in [-0.2, 0) is 37.4 Å². The molecule has 9 heteroatoms. The van der Waals surface area contributed by atoms with E-state index in [2.05, 4.69) is 5.10 Å². The topological polar surface area (TPSA) is 82.9 Å². The molecule has 2 aliphatic heterocycles. The average Bonchev–Trinajstić information content (AvgIpc) is 3.18. The fraction of sp³-hybridized carbons (Fsp3) is 0.688. The Morgan fingerprint density at radius 2 is 2.28 bits per heavy atom. The van der Waals surface area contributed by atoms with E-state index in [4.69, 9.17) is 25.8 Å². The lowest BCUT2D eigenvalue weighted by molar-refractivity contribution is -0.157. The molecule has 0 saturated carbocycles. The number of halogens is 1. The summed E-state index contributed by atoms with van der Waals surface area (Å²) in [6.45, 7) is 4.56. The standard InChI is InChI=1S/C16H22ClN3O5/c1-16(2)23-9-10(25-16)6-20(8-12-11(17)7-19(3)18-12)15(22)13-4-5-14(21)24-13/h7,10,13H,4-6,8-9H2,1-3H3/t10-,13-/m0/s1. The molecule has 0 radical (unpaired) electrons. The molecular weight excluding hydrogens is 350 g/mol. The van der Waals surface area contributed by atoms with Crippen molar-refractivity contribution >= 4 is 23.5 Å². The monoisotopic (exact) mass is 371 g/mol. The SMILES string of the molecule is Cn1cc(Cl)c(CN(C[C@H]2COC(C)(C)O2)C(=O)[C@@H]2CCC(=O)O2)n1. The van der Waals surface area contributed by atoms with E-state index in [1.807, 2.05) is 13.8 Å². The summed E-state index contributed by atoms with van der Waals surface area (Å²) >= 11 is 6.18. The molecule has 1 aromatic heterocycles. The number of nitrogens with zero attached hydrogens (tertiary/aromatic N) is 3. The van der Waals surface area contributed by atoms with Crippen molar-refractivity contribution < 1.29 is 23.8 Å². The first kappa shape index (κ1) is 18.2. The summed E-state index contributed by atoms with van der Waals surface area (Å²) in [7, 11) is 1.76. The Morgan fingerprint density at radius 3 is 2.80 bits per heavy atom. The highest BCUT2D eigenvalue weighted by Crippen LogP contribution is 2.25. The summed E-state index contributed by atoms with van der Waals surface area (Å²) < 4.78 is 18.1. The first-order chi connectivity index (χ1) is 11.7. The zero-order chi connectivity index (χ0) is 18.2. The molecule has 0 unspecified atom stereocenters. The number of carbonyl (C=O) groups is 2. The van der Waals surface area contributed by atoms with Gasteiger partial charge in [-0.2, -0.15) is 5.10 Å². The number of carbonyl (C=O) groups excluding carboxylic acids is 2. The second-order valence-corrected chi connectivity index (χ2v) is 7.19. The molecule has 0 aliphatic carbocycles. The molecule has 3 rings (SSSR count). The first-order valence-electron chi connectivity index (χ1n) is 8.21. The quantitative estimate of drug-likeness (QED) is 0.725. The smallest absolute Gasteiger partial charge is 0.306 e. The summed E-state index contributed by atoms with van der Waals surface area (Å²) in [5.74, 6) is -1.29. The number of hydrogen-bond donors (Lipinski definition) is 0. The van der Waals surface area contributed by atoms with Crippen LogP contribution in [0.15, 0.2) is 6.20 Å². The Kier molecular flexibility index (Phi) is 5.04. The van der Waals surface area contributed by atoms with Crippen molar-refractivity contribution in [2.45, 2.75) is 51.2 Å². The highest BCUT2D eigenvalue weighted by Gasteiger charge is 2.38. The van der Waals surface area contributed by atoms with E-state index in [-0.39, 0.29) is 30.9 Å². The maximum absolute atomic E-state index is 12.8. The predicted octanol–water partition coefficient (Wildman–Crippen LogP) is 1.26. The highest BCUT2D eigenvalue weighted by atomic mass is 35.5. The van der Waals surface area contributed by atoms with E-state index >= 15 is 0 Å². The summed E-state index contributed by atoms with van der Waals surface area (Å²) in [6.07, 6.45) is 1.29. The molecule has 8 nitrogen and oxygen atoms in total. The predicted molar refractivity (Wildman–Crippen MR) is 87.7 cm³/mol. The number of aromatic nitrogens is 2. The summed E-state index contributed by atoms with van der Waals surface area (Å²) in [4.78, 5) is 25.8. The minimum absolute atomic E-state index is 0.215. The third-order valence-corrected chi connectivity index (χ3v) is 4.47. The van der Waals surface area contributed by atoms with Crippen molar-refractivity contribution in [3.05, 3.63) is 16.9 Å². The van der Waals surface area contributed by atoms with Crippen molar-refractivity contribution in [2.24, 2.45) is 7.05 Å². The molecule has 138 valence electrons. The van der Waals surface area contributed by atoms with E-state index in [0.717, 1.165) is 0 Å². The minimum atomic E-state index is -0.759. The number of hydrogen-bond acceptors (Lipinski definition) is 6.